The molecular weight excluding hydrogens is 234 g/mol. The van der Waals surface area contributed by atoms with Gasteiger partial charge in [0.15, 0.2) is 0 Å². The van der Waals surface area contributed by atoms with Gasteiger partial charge in [0.05, 0.1) is 6.61 Å². The predicted molar refractivity (Wildman–Crippen MR) is 77.0 cm³/mol. The molecule has 1 atom stereocenters. The normalized spacial score (nSPS) is 23.4. The average Bonchev–Trinajstić information content (AvgIpc) is 2.48. The van der Waals surface area contributed by atoms with E-state index >= 15 is 0 Å². The lowest BCUT2D eigenvalue weighted by atomic mass is 9.96. The van der Waals surface area contributed by atoms with Gasteiger partial charge in [0, 0.05) is 17.2 Å². The molecule has 1 unspecified atom stereocenters. The predicted octanol–water partition coefficient (Wildman–Crippen LogP) is 3.24. The van der Waals surface area contributed by atoms with E-state index in [9.17, 15) is 0 Å². The summed E-state index contributed by atoms with van der Waals surface area (Å²) >= 11 is 0. The van der Waals surface area contributed by atoms with Gasteiger partial charge in [-0.1, -0.05) is 54.6 Å². The third kappa shape index (κ3) is 2.70. The Morgan fingerprint density at radius 3 is 2.74 bits per heavy atom. The molecule has 1 heterocycles. The molecule has 0 fully saturated rings. The maximum absolute atomic E-state index is 7.65. The van der Waals surface area contributed by atoms with Crippen LogP contribution in [0.15, 0.2) is 54.6 Å². The summed E-state index contributed by atoms with van der Waals surface area (Å²) in [5, 5.41) is 0. The Morgan fingerprint density at radius 2 is 1.89 bits per heavy atom. The first-order valence-corrected chi connectivity index (χ1v) is 6.55. The van der Waals surface area contributed by atoms with E-state index in [1.807, 2.05) is 54.6 Å². The second-order valence-corrected chi connectivity index (χ2v) is 4.78. The van der Waals surface area contributed by atoms with Crippen LogP contribution in [0.5, 0.6) is 0 Å². The number of hydrogen-bond donors (Lipinski definition) is 0. The van der Waals surface area contributed by atoms with Crippen molar-refractivity contribution in [1.29, 1.82) is 0 Å². The minimum absolute atomic E-state index is 0.142. The summed E-state index contributed by atoms with van der Waals surface area (Å²) in [5.41, 5.74) is 3.15. The highest BCUT2D eigenvalue weighted by Gasteiger charge is 2.20. The molecule has 0 bridgehead atoms. The van der Waals surface area contributed by atoms with Crippen molar-refractivity contribution in [1.82, 2.24) is 4.90 Å². The molecule has 0 N–H and O–H groups in total. The zero-order valence-electron chi connectivity index (χ0n) is 13.8. The van der Waals surface area contributed by atoms with Crippen molar-refractivity contribution in [3.63, 3.8) is 0 Å². The lowest BCUT2D eigenvalue weighted by Gasteiger charge is -2.28. The summed E-state index contributed by atoms with van der Waals surface area (Å²) < 4.78 is 29.0. The van der Waals surface area contributed by atoms with E-state index in [4.69, 9.17) is 8.85 Å². The Labute approximate surface area is 118 Å². The molecule has 0 spiro atoms. The Morgan fingerprint density at radius 1 is 1.11 bits per heavy atom. The Hall–Kier alpha value is -1.64. The number of hydrogen-bond acceptors (Lipinski definition) is 2. The van der Waals surface area contributed by atoms with E-state index in [0.717, 1.165) is 16.7 Å². The molecule has 0 amide bonds. The smallest absolute Gasteiger partial charge is 0.108 e. The molecule has 0 aromatic heterocycles. The topological polar surface area (TPSA) is 12.5 Å². The van der Waals surface area contributed by atoms with Crippen LogP contribution in [0, 0.1) is 0 Å². The fourth-order valence-electron chi connectivity index (χ4n) is 2.49. The second-order valence-electron chi connectivity index (χ2n) is 4.78. The zero-order chi connectivity index (χ0) is 15.6. The minimum atomic E-state index is -2.10. The van der Waals surface area contributed by atoms with Crippen molar-refractivity contribution in [2.24, 2.45) is 0 Å². The molecule has 0 saturated heterocycles. The van der Waals surface area contributed by atoms with E-state index in [1.54, 1.807) is 0 Å². The van der Waals surface area contributed by atoms with Crippen LogP contribution in [0.2, 0.25) is 0 Å². The first-order chi connectivity index (χ1) is 10.6. The fraction of sp³-hybridized carbons (Fsp3) is 0.294. The van der Waals surface area contributed by atoms with Crippen LogP contribution in [0.1, 0.15) is 26.9 Å². The highest BCUT2D eigenvalue weighted by Crippen LogP contribution is 2.30. The lowest BCUT2D eigenvalue weighted by molar-refractivity contribution is 0.0554. The molecule has 1 aliphatic heterocycles. The summed E-state index contributed by atoms with van der Waals surface area (Å²) in [6.07, 6.45) is -0.142. The van der Waals surface area contributed by atoms with Crippen LogP contribution in [0.4, 0.5) is 0 Å². The number of fused-ring (bicyclic) bond motifs is 1. The van der Waals surface area contributed by atoms with Crippen LogP contribution < -0.4 is 0 Å². The number of rotatable bonds is 1. The van der Waals surface area contributed by atoms with Gasteiger partial charge in [-0.25, -0.2) is 0 Å². The summed E-state index contributed by atoms with van der Waals surface area (Å²) in [5.74, 6) is 0. The summed E-state index contributed by atoms with van der Waals surface area (Å²) in [7, 11) is 0. The molecule has 0 aliphatic carbocycles. The van der Waals surface area contributed by atoms with Crippen molar-refractivity contribution in [2.75, 3.05) is 20.1 Å². The highest BCUT2D eigenvalue weighted by molar-refractivity contribution is 5.36. The van der Waals surface area contributed by atoms with Crippen LogP contribution in [0.3, 0.4) is 0 Å². The molecule has 2 nitrogen and oxygen atoms in total. The monoisotopic (exact) mass is 256 g/mol. The van der Waals surface area contributed by atoms with Crippen molar-refractivity contribution in [2.45, 2.75) is 12.6 Å². The molecule has 2 heteroatoms. The lowest BCUT2D eigenvalue weighted by Crippen LogP contribution is -2.27. The van der Waals surface area contributed by atoms with Gasteiger partial charge in [0.2, 0.25) is 0 Å². The summed E-state index contributed by atoms with van der Waals surface area (Å²) in [6, 6.07) is 18.0. The van der Waals surface area contributed by atoms with Crippen LogP contribution >= 0.6 is 0 Å². The number of likely N-dealkylation sites (N-methyl/N-ethyl adjacent to an activating group) is 1. The zero-order valence-corrected chi connectivity index (χ0v) is 10.8. The third-order valence-corrected chi connectivity index (χ3v) is 3.45. The van der Waals surface area contributed by atoms with E-state index < -0.39 is 6.98 Å². The average molecular weight is 256 g/mol. The fourth-order valence-corrected chi connectivity index (χ4v) is 2.49. The molecule has 0 saturated carbocycles. The molecule has 3 rings (SSSR count). The van der Waals surface area contributed by atoms with E-state index in [2.05, 4.69) is 0 Å². The van der Waals surface area contributed by atoms with Crippen LogP contribution in [-0.4, -0.2) is 25.0 Å². The SMILES string of the molecule is [2H]C([2H])([2H])N1CCOC(c2ccccc2)c2ccccc2C1. The number of ether oxygens (including phenoxy) is 1. The van der Waals surface area contributed by atoms with Crippen molar-refractivity contribution in [3.05, 3.63) is 71.3 Å². The van der Waals surface area contributed by atoms with E-state index in [-0.39, 0.29) is 6.10 Å². The molecule has 2 aromatic rings. The first kappa shape index (κ1) is 9.29. The van der Waals surface area contributed by atoms with Gasteiger partial charge in [0.1, 0.15) is 6.10 Å². The third-order valence-electron chi connectivity index (χ3n) is 3.45. The molecule has 0 radical (unpaired) electrons. The summed E-state index contributed by atoms with van der Waals surface area (Å²) in [4.78, 5) is 1.49. The maximum atomic E-state index is 7.65. The standard InChI is InChI=1S/C17H19NO/c1-18-11-12-19-17(14-7-3-2-4-8-14)16-10-6-5-9-15(16)13-18/h2-10,17H,11-13H2,1H3/i1D3. The Balaban J connectivity index is 1.99. The molecular formula is C17H19NO. The van der Waals surface area contributed by atoms with E-state index in [0.29, 0.717) is 19.7 Å². The minimum Gasteiger partial charge on any atom is -0.367 e. The van der Waals surface area contributed by atoms with Gasteiger partial charge >= 0.3 is 0 Å². The second kappa shape index (κ2) is 5.55. The highest BCUT2D eigenvalue weighted by atomic mass is 16.5. The molecule has 19 heavy (non-hydrogen) atoms. The molecule has 2 aromatic carbocycles. The maximum Gasteiger partial charge on any atom is 0.108 e. The van der Waals surface area contributed by atoms with Crippen LogP contribution in [0.25, 0.3) is 0 Å². The number of nitrogens with zero attached hydrogens (tertiary/aromatic N) is 1. The van der Waals surface area contributed by atoms with Gasteiger partial charge in [0.25, 0.3) is 0 Å². The molecule has 98 valence electrons. The van der Waals surface area contributed by atoms with Crippen molar-refractivity contribution < 1.29 is 8.85 Å². The van der Waals surface area contributed by atoms with Gasteiger partial charge in [-0.2, -0.15) is 0 Å². The van der Waals surface area contributed by atoms with Crippen molar-refractivity contribution in [3.8, 4) is 0 Å². The quantitative estimate of drug-likeness (QED) is 0.776. The summed E-state index contributed by atoms with van der Waals surface area (Å²) in [6.45, 7) is -0.893. The van der Waals surface area contributed by atoms with Gasteiger partial charge < -0.3 is 4.74 Å². The van der Waals surface area contributed by atoms with Gasteiger partial charge in [-0.05, 0) is 23.7 Å². The number of benzene rings is 2. The largest absolute Gasteiger partial charge is 0.367 e. The van der Waals surface area contributed by atoms with Gasteiger partial charge in [-0.3, -0.25) is 4.90 Å². The Bertz CT molecular complexity index is 627. The van der Waals surface area contributed by atoms with Crippen molar-refractivity contribution >= 4 is 0 Å². The first-order valence-electron chi connectivity index (χ1n) is 8.05. The van der Waals surface area contributed by atoms with E-state index in [1.165, 1.54) is 4.90 Å². The van der Waals surface area contributed by atoms with Gasteiger partial charge in [-0.15, -0.1) is 0 Å². The molecule has 1 aliphatic rings. The van der Waals surface area contributed by atoms with Crippen LogP contribution in [-0.2, 0) is 11.3 Å². The Kier molecular flexibility index (Phi) is 2.72.